The van der Waals surface area contributed by atoms with E-state index in [0.29, 0.717) is 41.5 Å². The first-order valence-electron chi connectivity index (χ1n) is 9.21. The fraction of sp³-hybridized carbons (Fsp3) is 0.174. The van der Waals surface area contributed by atoms with Crippen LogP contribution in [0.5, 0.6) is 17.2 Å². The smallest absolute Gasteiger partial charge is 0.251 e. The molecule has 0 aliphatic heterocycles. The molecule has 0 aliphatic carbocycles. The highest BCUT2D eigenvalue weighted by molar-refractivity contribution is 5.94. The number of nitrogens with one attached hydrogen (secondary N) is 1. The van der Waals surface area contributed by atoms with E-state index < -0.39 is 0 Å². The van der Waals surface area contributed by atoms with Crippen molar-refractivity contribution in [2.45, 2.75) is 13.3 Å². The lowest BCUT2D eigenvalue weighted by Crippen LogP contribution is -2.25. The summed E-state index contributed by atoms with van der Waals surface area (Å²) < 4.78 is 11.0. The van der Waals surface area contributed by atoms with E-state index in [1.54, 1.807) is 49.7 Å². The molecule has 0 radical (unpaired) electrons. The molecule has 3 rings (SSSR count). The lowest BCUT2D eigenvalue weighted by atomic mass is 10.1. The van der Waals surface area contributed by atoms with Gasteiger partial charge in [-0.15, -0.1) is 0 Å². The Kier molecular flexibility index (Phi) is 6.58. The van der Waals surface area contributed by atoms with Gasteiger partial charge in [-0.2, -0.15) is 0 Å². The van der Waals surface area contributed by atoms with Gasteiger partial charge in [0.25, 0.3) is 5.91 Å². The number of aromatic nitrogens is 1. The molecule has 0 aliphatic rings. The van der Waals surface area contributed by atoms with Crippen LogP contribution in [-0.2, 0) is 6.42 Å². The third kappa shape index (κ3) is 5.65. The Morgan fingerprint density at radius 2 is 1.72 bits per heavy atom. The van der Waals surface area contributed by atoms with Crippen molar-refractivity contribution in [2.75, 3.05) is 13.7 Å². The monoisotopic (exact) mass is 390 g/mol. The van der Waals surface area contributed by atoms with Crippen LogP contribution in [0.3, 0.4) is 0 Å². The molecule has 0 unspecified atom stereocenters. The number of methoxy groups -OCH3 is 1. The van der Waals surface area contributed by atoms with Gasteiger partial charge in [-0.25, -0.2) is 0 Å². The van der Waals surface area contributed by atoms with Crippen molar-refractivity contribution >= 4 is 11.7 Å². The lowest BCUT2D eigenvalue weighted by molar-refractivity contribution is 0.0952. The highest BCUT2D eigenvalue weighted by atomic mass is 16.5. The number of pyridine rings is 1. The molecule has 0 spiro atoms. The van der Waals surface area contributed by atoms with Gasteiger partial charge in [0.2, 0.25) is 0 Å². The zero-order valence-electron chi connectivity index (χ0n) is 16.3. The van der Waals surface area contributed by atoms with Crippen molar-refractivity contribution in [1.82, 2.24) is 10.3 Å². The first-order chi connectivity index (χ1) is 14.0. The fourth-order valence-corrected chi connectivity index (χ4v) is 2.75. The summed E-state index contributed by atoms with van der Waals surface area (Å²) in [5.41, 5.74) is 1.94. The van der Waals surface area contributed by atoms with Gasteiger partial charge in [-0.1, -0.05) is 18.2 Å². The van der Waals surface area contributed by atoms with E-state index in [0.717, 1.165) is 5.56 Å². The van der Waals surface area contributed by atoms with Crippen LogP contribution < -0.4 is 14.8 Å². The first-order valence-corrected chi connectivity index (χ1v) is 9.21. The molecule has 6 nitrogen and oxygen atoms in total. The Morgan fingerprint density at radius 1 is 0.966 bits per heavy atom. The van der Waals surface area contributed by atoms with Gasteiger partial charge in [0.05, 0.1) is 7.11 Å². The Labute approximate surface area is 169 Å². The summed E-state index contributed by atoms with van der Waals surface area (Å²) in [6.45, 7) is 1.95. The number of rotatable bonds is 8. The van der Waals surface area contributed by atoms with Gasteiger partial charge < -0.3 is 14.8 Å². The number of ketones is 1. The maximum absolute atomic E-state index is 12.3. The number of amides is 1. The Hall–Kier alpha value is -3.67. The highest BCUT2D eigenvalue weighted by Crippen LogP contribution is 2.22. The molecule has 0 saturated heterocycles. The highest BCUT2D eigenvalue weighted by Gasteiger charge is 2.07. The quantitative estimate of drug-likeness (QED) is 0.587. The topological polar surface area (TPSA) is 77.5 Å². The number of hydrogen-bond acceptors (Lipinski definition) is 5. The third-order valence-corrected chi connectivity index (χ3v) is 4.26. The van der Waals surface area contributed by atoms with Crippen molar-refractivity contribution in [2.24, 2.45) is 0 Å². The Morgan fingerprint density at radius 3 is 2.52 bits per heavy atom. The Balaban J connectivity index is 1.58. The summed E-state index contributed by atoms with van der Waals surface area (Å²) in [5.74, 6) is 1.59. The van der Waals surface area contributed by atoms with Crippen molar-refractivity contribution in [1.29, 1.82) is 0 Å². The molecule has 0 saturated carbocycles. The van der Waals surface area contributed by atoms with E-state index in [2.05, 4.69) is 10.3 Å². The predicted molar refractivity (Wildman–Crippen MR) is 110 cm³/mol. The molecule has 6 heteroatoms. The average molecular weight is 390 g/mol. The largest absolute Gasteiger partial charge is 0.497 e. The van der Waals surface area contributed by atoms with Crippen LogP contribution in [0.25, 0.3) is 0 Å². The minimum atomic E-state index is -0.148. The summed E-state index contributed by atoms with van der Waals surface area (Å²) >= 11 is 0. The van der Waals surface area contributed by atoms with Crippen molar-refractivity contribution in [3.05, 3.63) is 83.7 Å². The molecule has 148 valence electrons. The summed E-state index contributed by atoms with van der Waals surface area (Å²) in [4.78, 5) is 27.7. The van der Waals surface area contributed by atoms with Crippen LogP contribution >= 0.6 is 0 Å². The zero-order valence-corrected chi connectivity index (χ0v) is 16.3. The maximum atomic E-state index is 12.3. The van der Waals surface area contributed by atoms with Gasteiger partial charge in [0.1, 0.15) is 22.9 Å². The number of carbonyl (C=O) groups excluding carboxylic acids is 2. The molecule has 3 aromatic rings. The molecule has 1 N–H and O–H groups in total. The van der Waals surface area contributed by atoms with Gasteiger partial charge in [0.15, 0.2) is 5.78 Å². The van der Waals surface area contributed by atoms with Gasteiger partial charge in [-0.3, -0.25) is 14.6 Å². The van der Waals surface area contributed by atoms with E-state index in [1.165, 1.54) is 6.92 Å². The van der Waals surface area contributed by atoms with Gasteiger partial charge >= 0.3 is 0 Å². The minimum absolute atomic E-state index is 0.115. The first kappa shape index (κ1) is 20.1. The number of nitrogens with zero attached hydrogens (tertiary/aromatic N) is 1. The molecular formula is C23H22N2O4. The molecule has 1 aromatic heterocycles. The van der Waals surface area contributed by atoms with Crippen LogP contribution in [0, 0.1) is 0 Å². The SMILES string of the molecule is COc1cccc(C(=O)NCCc2cccc(Oc3ccnc(C(C)=O)c3)c2)c1. The molecule has 0 atom stereocenters. The molecule has 1 amide bonds. The lowest BCUT2D eigenvalue weighted by Gasteiger charge is -2.09. The standard InChI is InChI=1S/C23H22N2O4/c1-16(26)22-15-21(10-12-24-22)29-20-8-3-5-17(13-20)9-11-25-23(27)18-6-4-7-19(14-18)28-2/h3-8,10,12-15H,9,11H2,1-2H3,(H,25,27). The van der Waals surface area contributed by atoms with Crippen molar-refractivity contribution < 1.29 is 19.1 Å². The number of carbonyl (C=O) groups is 2. The Bertz CT molecular complexity index is 1020. The predicted octanol–water partition coefficient (Wildman–Crippen LogP) is 4.06. The van der Waals surface area contributed by atoms with Crippen LogP contribution in [0.1, 0.15) is 33.3 Å². The number of hydrogen-bond donors (Lipinski definition) is 1. The third-order valence-electron chi connectivity index (χ3n) is 4.26. The molecule has 29 heavy (non-hydrogen) atoms. The van der Waals surface area contributed by atoms with Crippen LogP contribution in [0.4, 0.5) is 0 Å². The summed E-state index contributed by atoms with van der Waals surface area (Å²) in [6, 6.07) is 18.0. The summed E-state index contributed by atoms with van der Waals surface area (Å²) in [6.07, 6.45) is 2.20. The number of benzene rings is 2. The minimum Gasteiger partial charge on any atom is -0.497 e. The normalized spacial score (nSPS) is 10.3. The maximum Gasteiger partial charge on any atom is 0.251 e. The number of Topliss-reactive ketones (excluding diaryl/α,β-unsaturated/α-hetero) is 1. The molecule has 0 fully saturated rings. The van der Waals surface area contributed by atoms with Crippen LogP contribution in [0.2, 0.25) is 0 Å². The van der Waals surface area contributed by atoms with Gasteiger partial charge in [0, 0.05) is 31.3 Å². The molecule has 2 aromatic carbocycles. The van der Waals surface area contributed by atoms with Gasteiger partial charge in [-0.05, 0) is 48.4 Å². The van der Waals surface area contributed by atoms with Crippen molar-refractivity contribution in [3.8, 4) is 17.2 Å². The second-order valence-electron chi connectivity index (χ2n) is 6.42. The van der Waals surface area contributed by atoms with E-state index in [4.69, 9.17) is 9.47 Å². The summed E-state index contributed by atoms with van der Waals surface area (Å²) in [7, 11) is 1.57. The fourth-order valence-electron chi connectivity index (χ4n) is 2.75. The summed E-state index contributed by atoms with van der Waals surface area (Å²) in [5, 5.41) is 2.91. The molecular weight excluding hydrogens is 368 g/mol. The van der Waals surface area contributed by atoms with Crippen LogP contribution in [-0.4, -0.2) is 30.3 Å². The number of ether oxygens (including phenoxy) is 2. The van der Waals surface area contributed by atoms with E-state index in [-0.39, 0.29) is 11.7 Å². The molecule has 1 heterocycles. The zero-order chi connectivity index (χ0) is 20.6. The van der Waals surface area contributed by atoms with E-state index >= 15 is 0 Å². The average Bonchev–Trinajstić information content (AvgIpc) is 2.74. The molecule has 0 bridgehead atoms. The van der Waals surface area contributed by atoms with Crippen molar-refractivity contribution in [3.63, 3.8) is 0 Å². The van der Waals surface area contributed by atoms with E-state index in [9.17, 15) is 9.59 Å². The second kappa shape index (κ2) is 9.50. The second-order valence-corrected chi connectivity index (χ2v) is 6.42. The van der Waals surface area contributed by atoms with E-state index in [1.807, 2.05) is 24.3 Å². The van der Waals surface area contributed by atoms with Crippen LogP contribution in [0.15, 0.2) is 66.9 Å².